The van der Waals surface area contributed by atoms with Gasteiger partial charge in [0, 0.05) is 24.6 Å². The average Bonchev–Trinajstić information content (AvgIpc) is 2.37. The van der Waals surface area contributed by atoms with E-state index in [1.54, 1.807) is 24.0 Å². The lowest BCUT2D eigenvalue weighted by Gasteiger charge is -2.24. The van der Waals surface area contributed by atoms with Crippen molar-refractivity contribution in [3.05, 3.63) is 35.1 Å². The molecule has 3 nitrogen and oxygen atoms in total. The van der Waals surface area contributed by atoms with Gasteiger partial charge in [0.05, 0.1) is 4.99 Å². The van der Waals surface area contributed by atoms with Crippen LogP contribution in [0.3, 0.4) is 0 Å². The highest BCUT2D eigenvalue weighted by Crippen LogP contribution is 2.12. The fraction of sp³-hybridized carbons (Fsp3) is 0.429. The number of thiocarbonyl (C=S) groups is 1. The Labute approximate surface area is 118 Å². The summed E-state index contributed by atoms with van der Waals surface area (Å²) < 4.78 is 13.5. The van der Waals surface area contributed by atoms with Gasteiger partial charge in [-0.3, -0.25) is 4.79 Å². The minimum atomic E-state index is -0.371. The monoisotopic (exact) mass is 282 g/mol. The zero-order chi connectivity index (χ0) is 14.6. The van der Waals surface area contributed by atoms with Crippen LogP contribution in [0.1, 0.15) is 29.8 Å². The molecular formula is C14H19FN2OS. The molecule has 1 unspecified atom stereocenters. The number of carbonyl (C=O) groups is 1. The first-order chi connectivity index (χ1) is 8.86. The Morgan fingerprint density at radius 3 is 2.63 bits per heavy atom. The Kier molecular flexibility index (Phi) is 5.42. The molecule has 0 aliphatic heterocycles. The van der Waals surface area contributed by atoms with Gasteiger partial charge >= 0.3 is 0 Å². The minimum Gasteiger partial charge on any atom is -0.393 e. The maximum absolute atomic E-state index is 13.5. The second-order valence-electron chi connectivity index (χ2n) is 4.61. The van der Waals surface area contributed by atoms with E-state index in [-0.39, 0.29) is 17.6 Å². The molecule has 19 heavy (non-hydrogen) atoms. The van der Waals surface area contributed by atoms with Gasteiger partial charge in [-0.1, -0.05) is 25.2 Å². The number of amides is 1. The molecule has 0 fully saturated rings. The van der Waals surface area contributed by atoms with Crippen molar-refractivity contribution in [3.63, 3.8) is 0 Å². The zero-order valence-electron chi connectivity index (χ0n) is 11.4. The quantitative estimate of drug-likeness (QED) is 0.844. The first-order valence-electron chi connectivity index (χ1n) is 6.21. The molecule has 0 aromatic heterocycles. The van der Waals surface area contributed by atoms with Crippen LogP contribution in [0, 0.1) is 18.7 Å². The maximum Gasteiger partial charge on any atom is 0.253 e. The lowest BCUT2D eigenvalue weighted by molar-refractivity contribution is 0.0754. The first kappa shape index (κ1) is 15.6. The molecule has 0 saturated heterocycles. The van der Waals surface area contributed by atoms with Crippen LogP contribution in [-0.2, 0) is 0 Å². The molecule has 0 aliphatic carbocycles. The molecule has 1 atom stereocenters. The second kappa shape index (κ2) is 6.61. The van der Waals surface area contributed by atoms with Crippen molar-refractivity contribution < 1.29 is 9.18 Å². The Bertz CT molecular complexity index is 490. The number of rotatable bonds is 5. The van der Waals surface area contributed by atoms with Crippen molar-refractivity contribution in [1.82, 2.24) is 4.90 Å². The summed E-state index contributed by atoms with van der Waals surface area (Å²) in [6, 6.07) is 4.51. The molecule has 1 amide bonds. The third-order valence-corrected chi connectivity index (χ3v) is 3.47. The van der Waals surface area contributed by atoms with E-state index in [4.69, 9.17) is 18.0 Å². The summed E-state index contributed by atoms with van der Waals surface area (Å²) in [5.74, 6) is -0.636. The summed E-state index contributed by atoms with van der Waals surface area (Å²) in [6.07, 6.45) is 0. The normalized spacial score (nSPS) is 12.0. The summed E-state index contributed by atoms with van der Waals surface area (Å²) in [5, 5.41) is 0. The van der Waals surface area contributed by atoms with E-state index in [0.717, 1.165) is 0 Å². The van der Waals surface area contributed by atoms with Gasteiger partial charge in [0.15, 0.2) is 0 Å². The number of nitrogens with zero attached hydrogens (tertiary/aromatic N) is 1. The number of aryl methyl sites for hydroxylation is 1. The number of halogens is 1. The maximum atomic E-state index is 13.5. The topological polar surface area (TPSA) is 46.3 Å². The average molecular weight is 282 g/mol. The van der Waals surface area contributed by atoms with Crippen molar-refractivity contribution in [2.75, 3.05) is 13.1 Å². The van der Waals surface area contributed by atoms with Crippen molar-refractivity contribution in [2.24, 2.45) is 11.7 Å². The van der Waals surface area contributed by atoms with E-state index >= 15 is 0 Å². The molecule has 0 saturated carbocycles. The highest BCUT2D eigenvalue weighted by atomic mass is 32.1. The van der Waals surface area contributed by atoms with Crippen molar-refractivity contribution in [3.8, 4) is 0 Å². The molecule has 5 heteroatoms. The van der Waals surface area contributed by atoms with Gasteiger partial charge in [-0.15, -0.1) is 0 Å². The molecular weight excluding hydrogens is 263 g/mol. The van der Waals surface area contributed by atoms with Crippen LogP contribution in [0.25, 0.3) is 0 Å². The summed E-state index contributed by atoms with van der Waals surface area (Å²) in [7, 11) is 0. The third-order valence-electron chi connectivity index (χ3n) is 3.07. The van der Waals surface area contributed by atoms with E-state index in [2.05, 4.69) is 0 Å². The fourth-order valence-corrected chi connectivity index (χ4v) is 1.76. The van der Waals surface area contributed by atoms with Crippen LogP contribution >= 0.6 is 12.2 Å². The molecule has 0 bridgehead atoms. The van der Waals surface area contributed by atoms with Crippen LogP contribution in [-0.4, -0.2) is 28.9 Å². The minimum absolute atomic E-state index is 0.0609. The van der Waals surface area contributed by atoms with Crippen LogP contribution in [0.15, 0.2) is 18.2 Å². The van der Waals surface area contributed by atoms with Gasteiger partial charge < -0.3 is 10.6 Å². The van der Waals surface area contributed by atoms with Gasteiger partial charge in [0.1, 0.15) is 5.82 Å². The van der Waals surface area contributed by atoms with Gasteiger partial charge in [-0.25, -0.2) is 4.39 Å². The smallest absolute Gasteiger partial charge is 0.253 e. The molecule has 1 aromatic carbocycles. The van der Waals surface area contributed by atoms with E-state index in [1.807, 2.05) is 13.8 Å². The molecule has 0 heterocycles. The first-order valence-corrected chi connectivity index (χ1v) is 6.62. The van der Waals surface area contributed by atoms with Crippen molar-refractivity contribution in [1.29, 1.82) is 0 Å². The Morgan fingerprint density at radius 1 is 1.53 bits per heavy atom. The van der Waals surface area contributed by atoms with E-state index in [9.17, 15) is 9.18 Å². The Morgan fingerprint density at radius 2 is 2.16 bits per heavy atom. The van der Waals surface area contributed by atoms with Crippen molar-refractivity contribution >= 4 is 23.1 Å². The van der Waals surface area contributed by atoms with Gasteiger partial charge in [0.2, 0.25) is 0 Å². The molecule has 1 rings (SSSR count). The molecule has 104 valence electrons. The van der Waals surface area contributed by atoms with E-state index in [0.29, 0.717) is 29.2 Å². The fourth-order valence-electron chi connectivity index (χ4n) is 1.68. The summed E-state index contributed by atoms with van der Waals surface area (Å²) in [5.41, 5.74) is 6.43. The number of nitrogens with two attached hydrogens (primary N) is 1. The van der Waals surface area contributed by atoms with Gasteiger partial charge in [-0.2, -0.15) is 0 Å². The van der Waals surface area contributed by atoms with Gasteiger partial charge in [-0.05, 0) is 31.5 Å². The SMILES string of the molecule is CCN(CC(C)C(N)=S)C(=O)c1ccc(C)c(F)c1. The third kappa shape index (κ3) is 3.99. The molecule has 0 aliphatic rings. The summed E-state index contributed by atoms with van der Waals surface area (Å²) in [6.45, 7) is 6.38. The molecule has 0 spiro atoms. The lowest BCUT2D eigenvalue weighted by atomic mass is 10.1. The van der Waals surface area contributed by atoms with Crippen molar-refractivity contribution in [2.45, 2.75) is 20.8 Å². The second-order valence-corrected chi connectivity index (χ2v) is 5.08. The standard InChI is InChI=1S/C14H19FN2OS/c1-4-17(8-10(3)13(16)19)14(18)11-6-5-9(2)12(15)7-11/h5-7,10H,4,8H2,1-3H3,(H2,16,19). The van der Waals surface area contributed by atoms with Crippen LogP contribution in [0.2, 0.25) is 0 Å². The predicted molar refractivity (Wildman–Crippen MR) is 78.7 cm³/mol. The highest BCUT2D eigenvalue weighted by Gasteiger charge is 2.18. The highest BCUT2D eigenvalue weighted by molar-refractivity contribution is 7.80. The number of hydrogen-bond donors (Lipinski definition) is 1. The Hall–Kier alpha value is -1.49. The summed E-state index contributed by atoms with van der Waals surface area (Å²) in [4.78, 5) is 14.3. The number of carbonyl (C=O) groups excluding carboxylic acids is 1. The van der Waals surface area contributed by atoms with E-state index < -0.39 is 0 Å². The number of benzene rings is 1. The molecule has 2 N–H and O–H groups in total. The molecule has 1 aromatic rings. The van der Waals surface area contributed by atoms with Crippen LogP contribution < -0.4 is 5.73 Å². The molecule has 0 radical (unpaired) electrons. The van der Waals surface area contributed by atoms with E-state index in [1.165, 1.54) is 6.07 Å². The zero-order valence-corrected chi connectivity index (χ0v) is 12.3. The predicted octanol–water partition coefficient (Wildman–Crippen LogP) is 2.52. The largest absolute Gasteiger partial charge is 0.393 e. The van der Waals surface area contributed by atoms with Gasteiger partial charge in [0.25, 0.3) is 5.91 Å². The summed E-state index contributed by atoms with van der Waals surface area (Å²) >= 11 is 4.91. The van der Waals surface area contributed by atoms with Crippen LogP contribution in [0.4, 0.5) is 4.39 Å². The number of hydrogen-bond acceptors (Lipinski definition) is 2. The lowest BCUT2D eigenvalue weighted by Crippen LogP contribution is -2.38. The van der Waals surface area contributed by atoms with Crippen LogP contribution in [0.5, 0.6) is 0 Å². The Balaban J connectivity index is 2.89.